The van der Waals surface area contributed by atoms with Crippen molar-refractivity contribution in [3.63, 3.8) is 0 Å². The van der Waals surface area contributed by atoms with Gasteiger partial charge in [-0.05, 0) is 17.6 Å². The number of aliphatic hydroxyl groups is 1. The molecule has 3 heteroatoms. The Kier molecular flexibility index (Phi) is 3.27. The molecule has 0 fully saturated rings. The number of rotatable bonds is 1. The van der Waals surface area contributed by atoms with Crippen molar-refractivity contribution in [3.05, 3.63) is 29.6 Å². The molecule has 62 valence electrons. The average molecular weight is 162 g/mol. The lowest BCUT2D eigenvalue weighted by atomic mass is 10.2. The van der Waals surface area contributed by atoms with Crippen LogP contribution in [0.2, 0.25) is 0 Å². The van der Waals surface area contributed by atoms with Gasteiger partial charge in [0.05, 0.1) is 0 Å². The SMILES string of the molecule is NCc1ccc(C#CCO)nc1. The predicted octanol–water partition coefficient (Wildman–Crippen LogP) is -0.116. The maximum atomic E-state index is 8.41. The first-order valence-corrected chi connectivity index (χ1v) is 3.61. The van der Waals surface area contributed by atoms with Crippen LogP contribution in [-0.2, 0) is 6.54 Å². The van der Waals surface area contributed by atoms with E-state index in [0.29, 0.717) is 12.2 Å². The highest BCUT2D eigenvalue weighted by Crippen LogP contribution is 1.97. The third-order valence-corrected chi connectivity index (χ3v) is 1.36. The van der Waals surface area contributed by atoms with E-state index in [-0.39, 0.29) is 6.61 Å². The second kappa shape index (κ2) is 4.50. The molecule has 1 aromatic rings. The molecule has 0 bridgehead atoms. The summed E-state index contributed by atoms with van der Waals surface area (Å²) in [4.78, 5) is 4.02. The van der Waals surface area contributed by atoms with Gasteiger partial charge < -0.3 is 10.8 Å². The van der Waals surface area contributed by atoms with Gasteiger partial charge >= 0.3 is 0 Å². The fourth-order valence-corrected chi connectivity index (χ4v) is 0.749. The standard InChI is InChI=1S/C9H10N2O/c10-6-8-3-4-9(11-7-8)2-1-5-12/h3-4,7,12H,5-6,10H2. The van der Waals surface area contributed by atoms with Crippen LogP contribution in [0.15, 0.2) is 18.3 Å². The summed E-state index contributed by atoms with van der Waals surface area (Å²) in [5, 5.41) is 8.41. The fraction of sp³-hybridized carbons (Fsp3) is 0.222. The van der Waals surface area contributed by atoms with Crippen molar-refractivity contribution in [1.29, 1.82) is 0 Å². The number of nitrogens with two attached hydrogens (primary N) is 1. The molecule has 0 aliphatic carbocycles. The lowest BCUT2D eigenvalue weighted by Crippen LogP contribution is -1.96. The van der Waals surface area contributed by atoms with E-state index in [1.807, 2.05) is 6.07 Å². The van der Waals surface area contributed by atoms with Gasteiger partial charge in [-0.1, -0.05) is 12.0 Å². The van der Waals surface area contributed by atoms with Crippen LogP contribution < -0.4 is 5.73 Å². The molecule has 1 aromatic heterocycles. The van der Waals surface area contributed by atoms with Crippen LogP contribution in [0.25, 0.3) is 0 Å². The monoisotopic (exact) mass is 162 g/mol. The van der Waals surface area contributed by atoms with Crippen LogP contribution in [-0.4, -0.2) is 16.7 Å². The molecule has 0 radical (unpaired) electrons. The summed E-state index contributed by atoms with van der Waals surface area (Å²) in [7, 11) is 0. The zero-order valence-electron chi connectivity index (χ0n) is 6.62. The Balaban J connectivity index is 2.78. The molecule has 0 aliphatic heterocycles. The number of pyridine rings is 1. The summed E-state index contributed by atoms with van der Waals surface area (Å²) < 4.78 is 0. The molecule has 0 atom stereocenters. The lowest BCUT2D eigenvalue weighted by Gasteiger charge is -1.93. The molecule has 0 saturated carbocycles. The van der Waals surface area contributed by atoms with Gasteiger partial charge in [0.2, 0.25) is 0 Å². The quantitative estimate of drug-likeness (QED) is 0.566. The number of aliphatic hydroxyl groups excluding tert-OH is 1. The van der Waals surface area contributed by atoms with E-state index >= 15 is 0 Å². The first-order valence-electron chi connectivity index (χ1n) is 3.61. The Hall–Kier alpha value is -1.37. The summed E-state index contributed by atoms with van der Waals surface area (Å²) in [5.41, 5.74) is 7.01. The minimum absolute atomic E-state index is 0.139. The number of hydrogen-bond acceptors (Lipinski definition) is 3. The molecule has 1 rings (SSSR count). The van der Waals surface area contributed by atoms with Crippen molar-refractivity contribution in [1.82, 2.24) is 4.98 Å². The molecule has 0 amide bonds. The minimum atomic E-state index is -0.139. The number of aromatic nitrogens is 1. The number of nitrogens with zero attached hydrogens (tertiary/aromatic N) is 1. The highest BCUT2D eigenvalue weighted by molar-refractivity contribution is 5.28. The van der Waals surface area contributed by atoms with Gasteiger partial charge in [-0.15, -0.1) is 0 Å². The molecule has 3 N–H and O–H groups in total. The third kappa shape index (κ3) is 2.35. The lowest BCUT2D eigenvalue weighted by molar-refractivity contribution is 0.350. The molecule has 3 nitrogen and oxygen atoms in total. The second-order valence-electron chi connectivity index (χ2n) is 2.22. The third-order valence-electron chi connectivity index (χ3n) is 1.36. The first-order chi connectivity index (χ1) is 5.86. The van der Waals surface area contributed by atoms with Crippen LogP contribution in [0.5, 0.6) is 0 Å². The molecule has 0 unspecified atom stereocenters. The maximum Gasteiger partial charge on any atom is 0.113 e. The van der Waals surface area contributed by atoms with Crippen molar-refractivity contribution in [2.24, 2.45) is 5.73 Å². The van der Waals surface area contributed by atoms with Crippen LogP contribution in [0.4, 0.5) is 0 Å². The Morgan fingerprint density at radius 2 is 2.33 bits per heavy atom. The average Bonchev–Trinajstić information content (AvgIpc) is 2.15. The molecule has 0 aromatic carbocycles. The summed E-state index contributed by atoms with van der Waals surface area (Å²) in [5.74, 6) is 5.21. The summed E-state index contributed by atoms with van der Waals surface area (Å²) >= 11 is 0. The van der Waals surface area contributed by atoms with Crippen molar-refractivity contribution in [3.8, 4) is 11.8 Å². The topological polar surface area (TPSA) is 59.1 Å². The Morgan fingerprint density at radius 3 is 2.83 bits per heavy atom. The van der Waals surface area contributed by atoms with Crippen LogP contribution in [0.3, 0.4) is 0 Å². The van der Waals surface area contributed by atoms with Crippen molar-refractivity contribution in [2.75, 3.05) is 6.61 Å². The van der Waals surface area contributed by atoms with Crippen LogP contribution >= 0.6 is 0 Å². The Labute approximate surface area is 71.2 Å². The molecule has 0 saturated heterocycles. The van der Waals surface area contributed by atoms with E-state index < -0.39 is 0 Å². The van der Waals surface area contributed by atoms with Crippen molar-refractivity contribution < 1.29 is 5.11 Å². The van der Waals surface area contributed by atoms with Gasteiger partial charge in [0.15, 0.2) is 0 Å². The zero-order chi connectivity index (χ0) is 8.81. The van der Waals surface area contributed by atoms with Crippen LogP contribution in [0, 0.1) is 11.8 Å². The number of hydrogen-bond donors (Lipinski definition) is 2. The maximum absolute atomic E-state index is 8.41. The minimum Gasteiger partial charge on any atom is -0.384 e. The van der Waals surface area contributed by atoms with Crippen molar-refractivity contribution >= 4 is 0 Å². The van der Waals surface area contributed by atoms with E-state index in [2.05, 4.69) is 16.8 Å². The van der Waals surface area contributed by atoms with Gasteiger partial charge in [-0.25, -0.2) is 4.98 Å². The van der Waals surface area contributed by atoms with Gasteiger partial charge in [-0.2, -0.15) is 0 Å². The normalized spacial score (nSPS) is 8.83. The molecule has 0 aliphatic rings. The highest BCUT2D eigenvalue weighted by atomic mass is 16.2. The van der Waals surface area contributed by atoms with E-state index in [1.54, 1.807) is 12.3 Å². The molecular weight excluding hydrogens is 152 g/mol. The molecular formula is C9H10N2O. The zero-order valence-corrected chi connectivity index (χ0v) is 6.62. The Bertz CT molecular complexity index is 295. The van der Waals surface area contributed by atoms with Crippen molar-refractivity contribution in [2.45, 2.75) is 6.54 Å². The van der Waals surface area contributed by atoms with E-state index in [9.17, 15) is 0 Å². The van der Waals surface area contributed by atoms with Gasteiger partial charge in [0.25, 0.3) is 0 Å². The Morgan fingerprint density at radius 1 is 1.50 bits per heavy atom. The van der Waals surface area contributed by atoms with E-state index in [4.69, 9.17) is 10.8 Å². The summed E-state index contributed by atoms with van der Waals surface area (Å²) in [6, 6.07) is 3.65. The van der Waals surface area contributed by atoms with E-state index in [0.717, 1.165) is 5.56 Å². The van der Waals surface area contributed by atoms with Gasteiger partial charge in [0, 0.05) is 12.7 Å². The summed E-state index contributed by atoms with van der Waals surface area (Å²) in [6.07, 6.45) is 1.68. The summed E-state index contributed by atoms with van der Waals surface area (Å²) in [6.45, 7) is 0.348. The van der Waals surface area contributed by atoms with Gasteiger partial charge in [-0.3, -0.25) is 0 Å². The molecule has 12 heavy (non-hydrogen) atoms. The first kappa shape index (κ1) is 8.72. The van der Waals surface area contributed by atoms with E-state index in [1.165, 1.54) is 0 Å². The predicted molar refractivity (Wildman–Crippen MR) is 46.1 cm³/mol. The second-order valence-corrected chi connectivity index (χ2v) is 2.22. The van der Waals surface area contributed by atoms with Crippen LogP contribution in [0.1, 0.15) is 11.3 Å². The fourth-order valence-electron chi connectivity index (χ4n) is 0.749. The molecule has 1 heterocycles. The largest absolute Gasteiger partial charge is 0.384 e. The smallest absolute Gasteiger partial charge is 0.113 e. The molecule has 0 spiro atoms. The highest BCUT2D eigenvalue weighted by Gasteiger charge is 1.89. The van der Waals surface area contributed by atoms with Gasteiger partial charge in [0.1, 0.15) is 12.3 Å².